The SMILES string of the molecule is c1ccc(-c2ccc(-c3nc(-c4ccccc4)nc(-c4cccc5c4oc4c5ccc5c6ccccc6c6ccccc6c54)n3)cc2)cc1. The summed E-state index contributed by atoms with van der Waals surface area (Å²) in [7, 11) is 0. The minimum Gasteiger partial charge on any atom is -0.455 e. The summed E-state index contributed by atoms with van der Waals surface area (Å²) in [4.78, 5) is 15.1. The Morgan fingerprint density at radius 3 is 1.39 bits per heavy atom. The molecule has 8 aromatic carbocycles. The van der Waals surface area contributed by atoms with Crippen LogP contribution in [-0.4, -0.2) is 15.0 Å². The Morgan fingerprint density at radius 1 is 0.286 bits per heavy atom. The van der Waals surface area contributed by atoms with Gasteiger partial charge in [-0.2, -0.15) is 0 Å². The predicted molar refractivity (Wildman–Crippen MR) is 201 cm³/mol. The summed E-state index contributed by atoms with van der Waals surface area (Å²) >= 11 is 0. The van der Waals surface area contributed by atoms with Crippen molar-refractivity contribution in [3.63, 3.8) is 0 Å². The molecular weight excluding hydrogens is 599 g/mol. The predicted octanol–water partition coefficient (Wildman–Crippen LogP) is 11.9. The first-order valence-corrected chi connectivity index (χ1v) is 16.5. The van der Waals surface area contributed by atoms with Crippen LogP contribution in [0.4, 0.5) is 0 Å². The molecule has 0 saturated carbocycles. The zero-order valence-electron chi connectivity index (χ0n) is 26.3. The molecule has 0 spiro atoms. The van der Waals surface area contributed by atoms with Crippen LogP contribution in [0.1, 0.15) is 0 Å². The van der Waals surface area contributed by atoms with Gasteiger partial charge in [0.05, 0.1) is 5.56 Å². The van der Waals surface area contributed by atoms with Crippen LogP contribution in [0.3, 0.4) is 0 Å². The van der Waals surface area contributed by atoms with Gasteiger partial charge < -0.3 is 4.42 Å². The number of benzene rings is 8. The van der Waals surface area contributed by atoms with E-state index in [0.717, 1.165) is 49.6 Å². The molecule has 0 aliphatic heterocycles. The van der Waals surface area contributed by atoms with E-state index in [1.807, 2.05) is 42.5 Å². The van der Waals surface area contributed by atoms with Gasteiger partial charge in [0.25, 0.3) is 0 Å². The molecule has 2 heterocycles. The molecule has 0 radical (unpaired) electrons. The summed E-state index contributed by atoms with van der Waals surface area (Å²) in [6.45, 7) is 0. The maximum Gasteiger partial charge on any atom is 0.167 e. The van der Waals surface area contributed by atoms with Crippen molar-refractivity contribution in [3.8, 4) is 45.3 Å². The molecular formula is C45H27N3O. The van der Waals surface area contributed by atoms with Crippen molar-refractivity contribution in [2.45, 2.75) is 0 Å². The second-order valence-electron chi connectivity index (χ2n) is 12.4. The number of hydrogen-bond acceptors (Lipinski definition) is 4. The van der Waals surface area contributed by atoms with Gasteiger partial charge in [-0.25, -0.2) is 15.0 Å². The Hall–Kier alpha value is -6.65. The quantitative estimate of drug-likeness (QED) is 0.183. The Morgan fingerprint density at radius 2 is 0.714 bits per heavy atom. The summed E-state index contributed by atoms with van der Waals surface area (Å²) in [5.74, 6) is 1.79. The van der Waals surface area contributed by atoms with Crippen LogP contribution in [0.15, 0.2) is 168 Å². The van der Waals surface area contributed by atoms with Crippen LogP contribution < -0.4 is 0 Å². The van der Waals surface area contributed by atoms with E-state index in [9.17, 15) is 0 Å². The van der Waals surface area contributed by atoms with E-state index in [1.54, 1.807) is 0 Å². The highest BCUT2D eigenvalue weighted by Gasteiger charge is 2.20. The van der Waals surface area contributed by atoms with Gasteiger partial charge in [0.1, 0.15) is 11.2 Å². The Labute approximate surface area is 282 Å². The van der Waals surface area contributed by atoms with E-state index in [1.165, 1.54) is 32.5 Å². The lowest BCUT2D eigenvalue weighted by molar-refractivity contribution is 0.673. The number of aromatic nitrogens is 3. The number of fused-ring (bicyclic) bond motifs is 10. The molecule has 0 fully saturated rings. The molecule has 228 valence electrons. The highest BCUT2D eigenvalue weighted by atomic mass is 16.3. The first kappa shape index (κ1) is 27.5. The average Bonchev–Trinajstić information content (AvgIpc) is 3.58. The standard InChI is InChI=1S/C45H27N3O/c1-3-12-28(13-4-1)29-22-24-31(25-23-29)44-46-43(30-14-5-2-6-15-30)47-45(48-44)39-21-11-20-37-38-27-26-36-34-18-8-7-16-32(34)33-17-9-10-19-35(33)40(36)42(38)49-41(37)39/h1-27H. The van der Waals surface area contributed by atoms with E-state index in [2.05, 4.69) is 121 Å². The largest absolute Gasteiger partial charge is 0.455 e. The van der Waals surface area contributed by atoms with Gasteiger partial charge in [-0.1, -0.05) is 152 Å². The fourth-order valence-corrected chi connectivity index (χ4v) is 7.20. The van der Waals surface area contributed by atoms with Crippen LogP contribution in [0.2, 0.25) is 0 Å². The van der Waals surface area contributed by atoms with Gasteiger partial charge in [-0.05, 0) is 50.2 Å². The lowest BCUT2D eigenvalue weighted by atomic mass is 9.93. The molecule has 0 aliphatic rings. The summed E-state index contributed by atoms with van der Waals surface area (Å²) in [6.07, 6.45) is 0. The van der Waals surface area contributed by atoms with Crippen LogP contribution in [-0.2, 0) is 0 Å². The fraction of sp³-hybridized carbons (Fsp3) is 0. The maximum atomic E-state index is 6.96. The third-order valence-corrected chi connectivity index (χ3v) is 9.53. The molecule has 0 saturated heterocycles. The lowest BCUT2D eigenvalue weighted by Gasteiger charge is -2.10. The van der Waals surface area contributed by atoms with Gasteiger partial charge in [0.2, 0.25) is 0 Å². The van der Waals surface area contributed by atoms with Gasteiger partial charge in [-0.3, -0.25) is 0 Å². The van der Waals surface area contributed by atoms with E-state index in [4.69, 9.17) is 19.4 Å². The molecule has 0 aliphatic carbocycles. The fourth-order valence-electron chi connectivity index (χ4n) is 7.20. The van der Waals surface area contributed by atoms with E-state index in [-0.39, 0.29) is 0 Å². The lowest BCUT2D eigenvalue weighted by Crippen LogP contribution is -2.00. The first-order chi connectivity index (χ1) is 24.3. The highest BCUT2D eigenvalue weighted by molar-refractivity contribution is 6.32. The van der Waals surface area contributed by atoms with Gasteiger partial charge in [0, 0.05) is 27.3 Å². The molecule has 10 aromatic rings. The topological polar surface area (TPSA) is 51.8 Å². The van der Waals surface area contributed by atoms with Crippen molar-refractivity contribution < 1.29 is 4.42 Å². The third-order valence-electron chi connectivity index (χ3n) is 9.53. The average molecular weight is 626 g/mol. The number of rotatable bonds is 4. The van der Waals surface area contributed by atoms with E-state index >= 15 is 0 Å². The molecule has 0 amide bonds. The van der Waals surface area contributed by atoms with Gasteiger partial charge in [0.15, 0.2) is 17.5 Å². The minimum atomic E-state index is 0.570. The van der Waals surface area contributed by atoms with Crippen molar-refractivity contribution in [1.82, 2.24) is 15.0 Å². The van der Waals surface area contributed by atoms with Crippen molar-refractivity contribution in [3.05, 3.63) is 164 Å². The molecule has 0 N–H and O–H groups in total. The zero-order chi connectivity index (χ0) is 32.3. The number of furan rings is 1. The smallest absolute Gasteiger partial charge is 0.167 e. The summed E-state index contributed by atoms with van der Waals surface area (Å²) in [5, 5.41) is 9.24. The molecule has 0 bridgehead atoms. The summed E-state index contributed by atoms with van der Waals surface area (Å²) in [5.41, 5.74) is 6.61. The zero-order valence-corrected chi connectivity index (χ0v) is 26.3. The Balaban J connectivity index is 1.21. The Kier molecular flexibility index (Phi) is 6.15. The molecule has 10 rings (SSSR count). The van der Waals surface area contributed by atoms with Crippen molar-refractivity contribution >= 4 is 54.3 Å². The van der Waals surface area contributed by atoms with Gasteiger partial charge in [-0.15, -0.1) is 0 Å². The number of hydrogen-bond donors (Lipinski definition) is 0. The van der Waals surface area contributed by atoms with E-state index < -0.39 is 0 Å². The highest BCUT2D eigenvalue weighted by Crippen LogP contribution is 2.43. The second-order valence-corrected chi connectivity index (χ2v) is 12.4. The second kappa shape index (κ2) is 11.0. The third kappa shape index (κ3) is 4.42. The molecule has 4 heteroatoms. The normalized spacial score (nSPS) is 11.7. The molecule has 4 nitrogen and oxygen atoms in total. The van der Waals surface area contributed by atoms with Crippen LogP contribution in [0.5, 0.6) is 0 Å². The van der Waals surface area contributed by atoms with Crippen LogP contribution in [0.25, 0.3) is 99.5 Å². The van der Waals surface area contributed by atoms with Crippen LogP contribution in [0, 0.1) is 0 Å². The Bertz CT molecular complexity index is 2820. The monoisotopic (exact) mass is 625 g/mol. The maximum absolute atomic E-state index is 6.96. The minimum absolute atomic E-state index is 0.570. The van der Waals surface area contributed by atoms with Crippen LogP contribution >= 0.6 is 0 Å². The molecule has 2 aromatic heterocycles. The van der Waals surface area contributed by atoms with E-state index in [0.29, 0.717) is 17.5 Å². The van der Waals surface area contributed by atoms with Crippen molar-refractivity contribution in [2.24, 2.45) is 0 Å². The molecule has 0 atom stereocenters. The molecule has 49 heavy (non-hydrogen) atoms. The summed E-state index contributed by atoms with van der Waals surface area (Å²) in [6, 6.07) is 56.8. The molecule has 0 unspecified atom stereocenters. The number of nitrogens with zero attached hydrogens (tertiary/aromatic N) is 3. The number of para-hydroxylation sites is 1. The summed E-state index contributed by atoms with van der Waals surface area (Å²) < 4.78 is 6.96. The van der Waals surface area contributed by atoms with Crippen molar-refractivity contribution in [2.75, 3.05) is 0 Å². The first-order valence-electron chi connectivity index (χ1n) is 16.5. The van der Waals surface area contributed by atoms with Crippen molar-refractivity contribution in [1.29, 1.82) is 0 Å². The van der Waals surface area contributed by atoms with Gasteiger partial charge >= 0.3 is 0 Å².